The lowest BCUT2D eigenvalue weighted by Gasteiger charge is -2.16. The molecular formula is C11H20IN3. The van der Waals surface area contributed by atoms with E-state index >= 15 is 0 Å². The lowest BCUT2D eigenvalue weighted by molar-refractivity contribution is 0.404. The van der Waals surface area contributed by atoms with Gasteiger partial charge in [-0.1, -0.05) is 26.7 Å². The van der Waals surface area contributed by atoms with Gasteiger partial charge in [0.2, 0.25) is 0 Å². The molecule has 0 saturated carbocycles. The van der Waals surface area contributed by atoms with Gasteiger partial charge in [0.25, 0.3) is 0 Å². The van der Waals surface area contributed by atoms with Crippen molar-refractivity contribution in [1.82, 2.24) is 9.78 Å². The van der Waals surface area contributed by atoms with E-state index in [2.05, 4.69) is 41.5 Å². The van der Waals surface area contributed by atoms with Crippen molar-refractivity contribution in [2.45, 2.75) is 52.5 Å². The molecule has 1 aromatic rings. The molecule has 1 heterocycles. The first kappa shape index (κ1) is 12.8. The quantitative estimate of drug-likeness (QED) is 0.843. The summed E-state index contributed by atoms with van der Waals surface area (Å²) in [5, 5.41) is 4.52. The highest BCUT2D eigenvalue weighted by molar-refractivity contribution is 14.1. The molecule has 86 valence electrons. The van der Waals surface area contributed by atoms with Gasteiger partial charge in [0.05, 0.1) is 15.3 Å². The molecule has 0 aliphatic carbocycles. The van der Waals surface area contributed by atoms with Crippen LogP contribution in [0.4, 0.5) is 5.82 Å². The number of hydrogen-bond donors (Lipinski definition) is 1. The van der Waals surface area contributed by atoms with E-state index in [1.54, 1.807) is 0 Å². The number of hydrogen-bond acceptors (Lipinski definition) is 2. The molecule has 1 aromatic heterocycles. The fourth-order valence-corrected chi connectivity index (χ4v) is 2.12. The number of nitrogens with two attached hydrogens (primary N) is 1. The summed E-state index contributed by atoms with van der Waals surface area (Å²) >= 11 is 2.27. The molecule has 2 N–H and O–H groups in total. The van der Waals surface area contributed by atoms with Crippen LogP contribution in [-0.4, -0.2) is 9.78 Å². The molecule has 0 spiro atoms. The van der Waals surface area contributed by atoms with Gasteiger partial charge >= 0.3 is 0 Å². The zero-order valence-electron chi connectivity index (χ0n) is 9.76. The molecule has 1 unspecified atom stereocenters. The van der Waals surface area contributed by atoms with E-state index in [4.69, 9.17) is 5.73 Å². The SMILES string of the molecule is CCCCC(CC)n1nc(C)c(I)c1N. The summed E-state index contributed by atoms with van der Waals surface area (Å²) in [5.74, 6) is 0.830. The van der Waals surface area contributed by atoms with E-state index in [1.807, 2.05) is 11.6 Å². The zero-order chi connectivity index (χ0) is 11.4. The second-order valence-electron chi connectivity index (χ2n) is 3.93. The summed E-state index contributed by atoms with van der Waals surface area (Å²) in [4.78, 5) is 0. The van der Waals surface area contributed by atoms with Gasteiger partial charge in [0.15, 0.2) is 0 Å². The van der Waals surface area contributed by atoms with Gasteiger partial charge in [-0.15, -0.1) is 0 Å². The number of nitrogen functional groups attached to an aromatic ring is 1. The Morgan fingerprint density at radius 1 is 1.47 bits per heavy atom. The van der Waals surface area contributed by atoms with Crippen LogP contribution in [-0.2, 0) is 0 Å². The summed E-state index contributed by atoms with van der Waals surface area (Å²) in [7, 11) is 0. The van der Waals surface area contributed by atoms with Crippen molar-refractivity contribution >= 4 is 28.4 Å². The summed E-state index contributed by atoms with van der Waals surface area (Å²) < 4.78 is 3.11. The Kier molecular flexibility index (Phi) is 4.89. The smallest absolute Gasteiger partial charge is 0.135 e. The van der Waals surface area contributed by atoms with Crippen LogP contribution in [0.3, 0.4) is 0 Å². The minimum atomic E-state index is 0.465. The Morgan fingerprint density at radius 2 is 2.13 bits per heavy atom. The number of rotatable bonds is 5. The minimum Gasteiger partial charge on any atom is -0.383 e. The summed E-state index contributed by atoms with van der Waals surface area (Å²) in [6.07, 6.45) is 4.75. The highest BCUT2D eigenvalue weighted by Gasteiger charge is 2.16. The normalized spacial score (nSPS) is 13.1. The number of aromatic nitrogens is 2. The van der Waals surface area contributed by atoms with Crippen LogP contribution < -0.4 is 5.73 Å². The summed E-state index contributed by atoms with van der Waals surface area (Å²) in [6.45, 7) is 6.43. The van der Waals surface area contributed by atoms with Crippen LogP contribution in [0, 0.1) is 10.5 Å². The second-order valence-corrected chi connectivity index (χ2v) is 5.01. The van der Waals surface area contributed by atoms with E-state index in [0.717, 1.165) is 21.5 Å². The van der Waals surface area contributed by atoms with Crippen LogP contribution in [0.2, 0.25) is 0 Å². The summed E-state index contributed by atoms with van der Waals surface area (Å²) in [5.41, 5.74) is 7.09. The molecule has 0 bridgehead atoms. The molecule has 0 fully saturated rings. The number of unbranched alkanes of at least 4 members (excludes halogenated alkanes) is 1. The number of halogens is 1. The third-order valence-corrected chi connectivity index (χ3v) is 4.09. The topological polar surface area (TPSA) is 43.8 Å². The van der Waals surface area contributed by atoms with Gasteiger partial charge in [-0.2, -0.15) is 5.10 Å². The van der Waals surface area contributed by atoms with Gasteiger partial charge in [-0.3, -0.25) is 0 Å². The van der Waals surface area contributed by atoms with Crippen LogP contribution >= 0.6 is 22.6 Å². The van der Waals surface area contributed by atoms with Crippen molar-refractivity contribution < 1.29 is 0 Å². The fraction of sp³-hybridized carbons (Fsp3) is 0.727. The predicted octanol–water partition coefficient (Wildman–Crippen LogP) is 3.52. The highest BCUT2D eigenvalue weighted by atomic mass is 127. The average Bonchev–Trinajstić information content (AvgIpc) is 2.48. The molecule has 3 nitrogen and oxygen atoms in total. The van der Waals surface area contributed by atoms with Crippen molar-refractivity contribution in [2.24, 2.45) is 0 Å². The Balaban J connectivity index is 2.86. The fourth-order valence-electron chi connectivity index (χ4n) is 1.76. The van der Waals surface area contributed by atoms with E-state index in [9.17, 15) is 0 Å². The van der Waals surface area contributed by atoms with Gasteiger partial charge in [-0.05, 0) is 42.4 Å². The largest absolute Gasteiger partial charge is 0.383 e. The predicted molar refractivity (Wildman–Crippen MR) is 72.9 cm³/mol. The molecule has 15 heavy (non-hydrogen) atoms. The Labute approximate surface area is 106 Å². The van der Waals surface area contributed by atoms with E-state index in [0.29, 0.717) is 6.04 Å². The van der Waals surface area contributed by atoms with Crippen LogP contribution in [0.5, 0.6) is 0 Å². The molecule has 0 aromatic carbocycles. The van der Waals surface area contributed by atoms with Gasteiger partial charge in [-0.25, -0.2) is 4.68 Å². The maximum absolute atomic E-state index is 6.04. The maximum Gasteiger partial charge on any atom is 0.135 e. The Bertz CT molecular complexity index is 320. The first-order valence-corrected chi connectivity index (χ1v) is 6.69. The van der Waals surface area contributed by atoms with E-state index < -0.39 is 0 Å². The van der Waals surface area contributed by atoms with Gasteiger partial charge in [0, 0.05) is 0 Å². The second kappa shape index (κ2) is 5.72. The Morgan fingerprint density at radius 3 is 2.53 bits per heavy atom. The van der Waals surface area contributed by atoms with Crippen molar-refractivity contribution in [3.8, 4) is 0 Å². The third-order valence-electron chi connectivity index (χ3n) is 2.76. The molecule has 0 aliphatic heterocycles. The van der Waals surface area contributed by atoms with Crippen molar-refractivity contribution in [1.29, 1.82) is 0 Å². The van der Waals surface area contributed by atoms with Gasteiger partial charge < -0.3 is 5.73 Å². The molecule has 4 heteroatoms. The molecule has 0 radical (unpaired) electrons. The lowest BCUT2D eigenvalue weighted by atomic mass is 10.1. The van der Waals surface area contributed by atoms with Crippen LogP contribution in [0.25, 0.3) is 0 Å². The molecule has 0 aliphatic rings. The van der Waals surface area contributed by atoms with Crippen molar-refractivity contribution in [3.63, 3.8) is 0 Å². The molecular weight excluding hydrogens is 301 g/mol. The lowest BCUT2D eigenvalue weighted by Crippen LogP contribution is -2.13. The number of aryl methyl sites for hydroxylation is 1. The number of nitrogens with zero attached hydrogens (tertiary/aromatic N) is 2. The molecule has 0 amide bonds. The maximum atomic E-state index is 6.04. The Hall–Kier alpha value is -0.260. The van der Waals surface area contributed by atoms with Crippen molar-refractivity contribution in [3.05, 3.63) is 9.26 Å². The summed E-state index contributed by atoms with van der Waals surface area (Å²) in [6, 6.07) is 0.465. The molecule has 1 atom stereocenters. The number of anilines is 1. The molecule has 0 saturated heterocycles. The van der Waals surface area contributed by atoms with Crippen LogP contribution in [0.15, 0.2) is 0 Å². The van der Waals surface area contributed by atoms with E-state index in [1.165, 1.54) is 19.3 Å². The monoisotopic (exact) mass is 321 g/mol. The van der Waals surface area contributed by atoms with Crippen molar-refractivity contribution in [2.75, 3.05) is 5.73 Å². The van der Waals surface area contributed by atoms with Crippen LogP contribution in [0.1, 0.15) is 51.3 Å². The van der Waals surface area contributed by atoms with Gasteiger partial charge in [0.1, 0.15) is 5.82 Å². The minimum absolute atomic E-state index is 0.465. The van der Waals surface area contributed by atoms with E-state index in [-0.39, 0.29) is 0 Å². The third kappa shape index (κ3) is 2.86. The first-order valence-electron chi connectivity index (χ1n) is 5.61. The average molecular weight is 321 g/mol. The zero-order valence-corrected chi connectivity index (χ0v) is 11.9. The highest BCUT2D eigenvalue weighted by Crippen LogP contribution is 2.26. The standard InChI is InChI=1S/C11H20IN3/c1-4-6-7-9(5-2)15-11(13)10(12)8(3)14-15/h9H,4-7,13H2,1-3H3. The first-order chi connectivity index (χ1) is 7.11. The molecule has 1 rings (SSSR count).